The van der Waals surface area contributed by atoms with Crippen LogP contribution in [-0.2, 0) is 14.3 Å². The Morgan fingerprint density at radius 3 is 2.72 bits per heavy atom. The van der Waals surface area contributed by atoms with Crippen LogP contribution in [0.3, 0.4) is 0 Å². The largest absolute Gasteiger partial charge is 0.376 e. The SMILES string of the molecule is CCN(CC1CCCO1)C(=O)CNC(=O)CN.Cl. The first-order valence-corrected chi connectivity index (χ1v) is 6.03. The summed E-state index contributed by atoms with van der Waals surface area (Å²) in [6.45, 7) is 3.84. The van der Waals surface area contributed by atoms with E-state index >= 15 is 0 Å². The molecule has 1 unspecified atom stereocenters. The van der Waals surface area contributed by atoms with Gasteiger partial charge in [-0.2, -0.15) is 0 Å². The molecule has 7 heteroatoms. The molecule has 0 aromatic rings. The van der Waals surface area contributed by atoms with E-state index in [1.54, 1.807) is 4.90 Å². The molecule has 18 heavy (non-hydrogen) atoms. The number of hydrogen-bond acceptors (Lipinski definition) is 4. The van der Waals surface area contributed by atoms with Gasteiger partial charge in [0.15, 0.2) is 0 Å². The second-order valence-corrected chi connectivity index (χ2v) is 4.05. The molecular weight excluding hydrogens is 258 g/mol. The van der Waals surface area contributed by atoms with Crippen LogP contribution in [0.25, 0.3) is 0 Å². The van der Waals surface area contributed by atoms with Gasteiger partial charge in [-0.15, -0.1) is 12.4 Å². The van der Waals surface area contributed by atoms with E-state index < -0.39 is 0 Å². The molecule has 106 valence electrons. The van der Waals surface area contributed by atoms with Crippen LogP contribution in [0.1, 0.15) is 19.8 Å². The molecule has 2 amide bonds. The van der Waals surface area contributed by atoms with E-state index in [9.17, 15) is 9.59 Å². The van der Waals surface area contributed by atoms with Crippen molar-refractivity contribution in [2.24, 2.45) is 5.73 Å². The predicted molar refractivity (Wildman–Crippen MR) is 70.5 cm³/mol. The minimum absolute atomic E-state index is 0. The first-order valence-electron chi connectivity index (χ1n) is 6.03. The van der Waals surface area contributed by atoms with Gasteiger partial charge < -0.3 is 20.7 Å². The van der Waals surface area contributed by atoms with Gasteiger partial charge in [0.1, 0.15) is 0 Å². The molecule has 1 fully saturated rings. The highest BCUT2D eigenvalue weighted by Crippen LogP contribution is 2.13. The molecular formula is C11H22ClN3O3. The van der Waals surface area contributed by atoms with Gasteiger partial charge in [-0.25, -0.2) is 0 Å². The number of rotatable bonds is 6. The Morgan fingerprint density at radius 2 is 2.22 bits per heavy atom. The van der Waals surface area contributed by atoms with Gasteiger partial charge in [0.05, 0.1) is 19.2 Å². The summed E-state index contributed by atoms with van der Waals surface area (Å²) in [6, 6.07) is 0. The number of nitrogens with one attached hydrogen (secondary N) is 1. The quantitative estimate of drug-likeness (QED) is 0.687. The first-order chi connectivity index (χ1) is 8.17. The van der Waals surface area contributed by atoms with Crippen LogP contribution >= 0.6 is 12.4 Å². The highest BCUT2D eigenvalue weighted by atomic mass is 35.5. The zero-order valence-electron chi connectivity index (χ0n) is 10.7. The number of carbonyl (C=O) groups is 2. The fourth-order valence-corrected chi connectivity index (χ4v) is 1.80. The normalized spacial score (nSPS) is 18.0. The first kappa shape index (κ1) is 17.2. The lowest BCUT2D eigenvalue weighted by Crippen LogP contribution is -2.44. The average molecular weight is 280 g/mol. The van der Waals surface area contributed by atoms with E-state index in [4.69, 9.17) is 10.5 Å². The number of ether oxygens (including phenoxy) is 1. The Balaban J connectivity index is 0.00000289. The van der Waals surface area contributed by atoms with Crippen molar-refractivity contribution in [1.82, 2.24) is 10.2 Å². The van der Waals surface area contributed by atoms with Crippen molar-refractivity contribution in [3.63, 3.8) is 0 Å². The molecule has 0 bridgehead atoms. The van der Waals surface area contributed by atoms with E-state index in [1.165, 1.54) is 0 Å². The van der Waals surface area contributed by atoms with Crippen molar-refractivity contribution in [2.45, 2.75) is 25.9 Å². The number of amides is 2. The molecule has 6 nitrogen and oxygen atoms in total. The number of nitrogens with zero attached hydrogens (tertiary/aromatic N) is 1. The van der Waals surface area contributed by atoms with Crippen LogP contribution in [0.15, 0.2) is 0 Å². The summed E-state index contributed by atoms with van der Waals surface area (Å²) in [4.78, 5) is 24.4. The van der Waals surface area contributed by atoms with Crippen molar-refractivity contribution in [1.29, 1.82) is 0 Å². The number of halogens is 1. The average Bonchev–Trinajstić information content (AvgIpc) is 2.85. The van der Waals surface area contributed by atoms with Gasteiger partial charge >= 0.3 is 0 Å². The predicted octanol–water partition coefficient (Wildman–Crippen LogP) is -0.489. The maximum atomic E-state index is 11.8. The molecule has 0 aromatic heterocycles. The zero-order chi connectivity index (χ0) is 12.7. The number of likely N-dealkylation sites (N-methyl/N-ethyl adjacent to an activating group) is 1. The lowest BCUT2D eigenvalue weighted by molar-refractivity contribution is -0.133. The summed E-state index contributed by atoms with van der Waals surface area (Å²) in [6.07, 6.45) is 2.20. The van der Waals surface area contributed by atoms with Gasteiger partial charge in [0.25, 0.3) is 0 Å². The fourth-order valence-electron chi connectivity index (χ4n) is 1.80. The number of carbonyl (C=O) groups excluding carboxylic acids is 2. The van der Waals surface area contributed by atoms with E-state index in [2.05, 4.69) is 5.32 Å². The van der Waals surface area contributed by atoms with Crippen molar-refractivity contribution < 1.29 is 14.3 Å². The summed E-state index contributed by atoms with van der Waals surface area (Å²) < 4.78 is 5.48. The Hall–Kier alpha value is -0.850. The van der Waals surface area contributed by atoms with E-state index in [0.29, 0.717) is 13.1 Å². The molecule has 0 spiro atoms. The maximum Gasteiger partial charge on any atom is 0.242 e. The lowest BCUT2D eigenvalue weighted by atomic mass is 10.2. The van der Waals surface area contributed by atoms with Crippen LogP contribution in [0.2, 0.25) is 0 Å². The molecule has 0 saturated carbocycles. The van der Waals surface area contributed by atoms with Gasteiger partial charge in [-0.1, -0.05) is 0 Å². The van der Waals surface area contributed by atoms with Crippen molar-refractivity contribution >= 4 is 24.2 Å². The van der Waals surface area contributed by atoms with Crippen LogP contribution in [-0.4, -0.2) is 55.6 Å². The molecule has 1 aliphatic rings. The summed E-state index contributed by atoms with van der Waals surface area (Å²) >= 11 is 0. The zero-order valence-corrected chi connectivity index (χ0v) is 11.5. The topological polar surface area (TPSA) is 84.7 Å². The van der Waals surface area contributed by atoms with Crippen molar-refractivity contribution in [2.75, 3.05) is 32.8 Å². The number of hydrogen-bond donors (Lipinski definition) is 2. The smallest absolute Gasteiger partial charge is 0.242 e. The Labute approximate surface area is 114 Å². The Bertz CT molecular complexity index is 270. The monoisotopic (exact) mass is 279 g/mol. The molecule has 0 radical (unpaired) electrons. The molecule has 1 rings (SSSR count). The molecule has 0 aromatic carbocycles. The highest BCUT2D eigenvalue weighted by molar-refractivity contribution is 5.85. The van der Waals surface area contributed by atoms with Gasteiger partial charge in [-0.05, 0) is 19.8 Å². The summed E-state index contributed by atoms with van der Waals surface area (Å²) in [5.74, 6) is -0.406. The summed E-state index contributed by atoms with van der Waals surface area (Å²) in [5, 5.41) is 2.48. The van der Waals surface area contributed by atoms with Crippen LogP contribution in [0, 0.1) is 0 Å². The van der Waals surface area contributed by atoms with Crippen LogP contribution in [0.4, 0.5) is 0 Å². The minimum atomic E-state index is -0.313. The van der Waals surface area contributed by atoms with Crippen LogP contribution < -0.4 is 11.1 Å². The summed E-state index contributed by atoms with van der Waals surface area (Å²) in [7, 11) is 0. The van der Waals surface area contributed by atoms with E-state index in [1.807, 2.05) is 6.92 Å². The van der Waals surface area contributed by atoms with E-state index in [0.717, 1.165) is 19.4 Å². The summed E-state index contributed by atoms with van der Waals surface area (Å²) in [5.41, 5.74) is 5.14. The van der Waals surface area contributed by atoms with Gasteiger partial charge in [0, 0.05) is 19.7 Å². The molecule has 3 N–H and O–H groups in total. The van der Waals surface area contributed by atoms with E-state index in [-0.39, 0.29) is 43.4 Å². The third-order valence-corrected chi connectivity index (χ3v) is 2.80. The second-order valence-electron chi connectivity index (χ2n) is 4.05. The Morgan fingerprint density at radius 1 is 1.50 bits per heavy atom. The van der Waals surface area contributed by atoms with Gasteiger partial charge in [-0.3, -0.25) is 9.59 Å². The third-order valence-electron chi connectivity index (χ3n) is 2.80. The molecule has 0 aliphatic carbocycles. The van der Waals surface area contributed by atoms with Crippen molar-refractivity contribution in [3.8, 4) is 0 Å². The maximum absolute atomic E-state index is 11.8. The van der Waals surface area contributed by atoms with Crippen molar-refractivity contribution in [3.05, 3.63) is 0 Å². The highest BCUT2D eigenvalue weighted by Gasteiger charge is 2.21. The number of nitrogens with two attached hydrogens (primary N) is 1. The lowest BCUT2D eigenvalue weighted by Gasteiger charge is -2.24. The van der Waals surface area contributed by atoms with Gasteiger partial charge in [0.2, 0.25) is 11.8 Å². The third kappa shape index (κ3) is 5.66. The Kier molecular flexibility index (Phi) is 8.70. The minimum Gasteiger partial charge on any atom is -0.376 e. The molecule has 1 saturated heterocycles. The second kappa shape index (κ2) is 9.13. The van der Waals surface area contributed by atoms with Crippen LogP contribution in [0.5, 0.6) is 0 Å². The molecule has 1 heterocycles. The molecule has 1 aliphatic heterocycles. The standard InChI is InChI=1S/C11H21N3O3.ClH/c1-2-14(8-9-4-3-5-17-9)11(16)7-13-10(15)6-12;/h9H,2-8,12H2,1H3,(H,13,15);1H. The fraction of sp³-hybridized carbons (Fsp3) is 0.818. The molecule has 1 atom stereocenters.